The van der Waals surface area contributed by atoms with E-state index in [-0.39, 0.29) is 43.0 Å². The Kier molecular flexibility index (Phi) is 5.31. The van der Waals surface area contributed by atoms with E-state index in [1.807, 2.05) is 0 Å². The number of hydrogen-bond acceptors (Lipinski definition) is 7. The van der Waals surface area contributed by atoms with Crippen LogP contribution < -0.4 is 10.6 Å². The standard InChI is InChI=1S/C13H19FN6O4/c1-7(2)16-11-10(20(23)24)4-15-12(18-11)17-9-3-8(14)5-19(6-9)13(21)22/h4,7-9H,3,5-6H2,1-2H3,(H,21,22)(H2,15,16,17,18)/t8-,9-/m0/s1. The van der Waals surface area contributed by atoms with Crippen molar-refractivity contribution in [3.8, 4) is 0 Å². The van der Waals surface area contributed by atoms with Gasteiger partial charge in [-0.05, 0) is 13.8 Å². The summed E-state index contributed by atoms with van der Waals surface area (Å²) in [5.41, 5.74) is -0.270. The second-order valence-electron chi connectivity index (χ2n) is 5.85. The molecular formula is C13H19FN6O4. The molecule has 2 heterocycles. The lowest BCUT2D eigenvalue weighted by atomic mass is 10.0. The third-order valence-corrected chi connectivity index (χ3v) is 3.39. The molecular weight excluding hydrogens is 323 g/mol. The van der Waals surface area contributed by atoms with Gasteiger partial charge in [-0.3, -0.25) is 10.1 Å². The van der Waals surface area contributed by atoms with Crippen LogP contribution in [0.2, 0.25) is 0 Å². The van der Waals surface area contributed by atoms with Crippen LogP contribution in [-0.2, 0) is 0 Å². The number of halogens is 1. The molecule has 132 valence electrons. The number of carboxylic acid groups (broad SMARTS) is 1. The molecule has 1 fully saturated rings. The molecule has 10 nitrogen and oxygen atoms in total. The molecule has 1 aliphatic rings. The van der Waals surface area contributed by atoms with Gasteiger partial charge >= 0.3 is 11.8 Å². The van der Waals surface area contributed by atoms with Crippen molar-refractivity contribution in [1.29, 1.82) is 0 Å². The second-order valence-corrected chi connectivity index (χ2v) is 5.85. The second kappa shape index (κ2) is 7.23. The summed E-state index contributed by atoms with van der Waals surface area (Å²) >= 11 is 0. The monoisotopic (exact) mass is 342 g/mol. The van der Waals surface area contributed by atoms with Gasteiger partial charge in [0.2, 0.25) is 11.8 Å². The smallest absolute Gasteiger partial charge is 0.407 e. The number of hydrogen-bond donors (Lipinski definition) is 3. The van der Waals surface area contributed by atoms with Gasteiger partial charge in [0, 0.05) is 25.0 Å². The molecule has 1 amide bonds. The predicted octanol–water partition coefficient (Wildman–Crippen LogP) is 1.71. The van der Waals surface area contributed by atoms with Crippen molar-refractivity contribution in [2.75, 3.05) is 23.7 Å². The number of nitrogens with one attached hydrogen (secondary N) is 2. The molecule has 2 rings (SSSR count). The number of nitrogens with zero attached hydrogens (tertiary/aromatic N) is 4. The summed E-state index contributed by atoms with van der Waals surface area (Å²) in [5, 5.41) is 25.7. The summed E-state index contributed by atoms with van der Waals surface area (Å²) in [6.07, 6.45) is -1.32. The van der Waals surface area contributed by atoms with Crippen LogP contribution in [0.25, 0.3) is 0 Å². The molecule has 0 bridgehead atoms. The van der Waals surface area contributed by atoms with Crippen molar-refractivity contribution >= 4 is 23.5 Å². The fourth-order valence-electron chi connectivity index (χ4n) is 2.44. The Balaban J connectivity index is 2.16. The number of carbonyl (C=O) groups is 1. The molecule has 0 unspecified atom stereocenters. The Bertz CT molecular complexity index is 628. The van der Waals surface area contributed by atoms with E-state index in [4.69, 9.17) is 5.11 Å². The Morgan fingerprint density at radius 2 is 2.25 bits per heavy atom. The van der Waals surface area contributed by atoms with E-state index in [2.05, 4.69) is 20.6 Å². The van der Waals surface area contributed by atoms with Gasteiger partial charge in [-0.25, -0.2) is 14.2 Å². The van der Waals surface area contributed by atoms with Gasteiger partial charge in [-0.1, -0.05) is 0 Å². The number of rotatable bonds is 5. The highest BCUT2D eigenvalue weighted by Gasteiger charge is 2.30. The minimum Gasteiger partial charge on any atom is -0.465 e. The molecule has 0 radical (unpaired) electrons. The number of aromatic nitrogens is 2. The van der Waals surface area contributed by atoms with Crippen molar-refractivity contribution in [1.82, 2.24) is 14.9 Å². The van der Waals surface area contributed by atoms with Crippen molar-refractivity contribution < 1.29 is 19.2 Å². The number of piperidine rings is 1. The summed E-state index contributed by atoms with van der Waals surface area (Å²) in [4.78, 5) is 30.3. The Labute approximate surface area is 137 Å². The van der Waals surface area contributed by atoms with Crippen LogP contribution in [0.15, 0.2) is 6.20 Å². The van der Waals surface area contributed by atoms with Crippen LogP contribution in [0.5, 0.6) is 0 Å². The summed E-state index contributed by atoms with van der Waals surface area (Å²) in [6.45, 7) is 3.52. The highest BCUT2D eigenvalue weighted by Crippen LogP contribution is 2.24. The first kappa shape index (κ1) is 17.6. The average Bonchev–Trinajstić information content (AvgIpc) is 2.45. The molecule has 0 spiro atoms. The van der Waals surface area contributed by atoms with Crippen LogP contribution in [-0.4, -0.2) is 62.3 Å². The normalized spacial score (nSPS) is 20.8. The van der Waals surface area contributed by atoms with E-state index in [0.717, 1.165) is 11.1 Å². The van der Waals surface area contributed by atoms with E-state index < -0.39 is 23.2 Å². The zero-order chi connectivity index (χ0) is 17.9. The van der Waals surface area contributed by atoms with Crippen LogP contribution in [0.3, 0.4) is 0 Å². The average molecular weight is 342 g/mol. The van der Waals surface area contributed by atoms with Gasteiger partial charge in [0.1, 0.15) is 12.4 Å². The Morgan fingerprint density at radius 1 is 1.54 bits per heavy atom. The quantitative estimate of drug-likeness (QED) is 0.544. The van der Waals surface area contributed by atoms with Crippen LogP contribution in [0, 0.1) is 10.1 Å². The molecule has 1 aromatic heterocycles. The van der Waals surface area contributed by atoms with Gasteiger partial charge in [0.05, 0.1) is 11.5 Å². The van der Waals surface area contributed by atoms with E-state index in [9.17, 15) is 19.3 Å². The number of amides is 1. The van der Waals surface area contributed by atoms with Crippen molar-refractivity contribution in [3.63, 3.8) is 0 Å². The van der Waals surface area contributed by atoms with Gasteiger partial charge in [-0.2, -0.15) is 4.98 Å². The molecule has 24 heavy (non-hydrogen) atoms. The highest BCUT2D eigenvalue weighted by molar-refractivity contribution is 5.65. The van der Waals surface area contributed by atoms with Gasteiger partial charge < -0.3 is 20.6 Å². The number of alkyl halides is 1. The highest BCUT2D eigenvalue weighted by atomic mass is 19.1. The zero-order valence-electron chi connectivity index (χ0n) is 13.3. The maximum Gasteiger partial charge on any atom is 0.407 e. The third kappa shape index (κ3) is 4.40. The summed E-state index contributed by atoms with van der Waals surface area (Å²) in [6, 6.07) is -0.600. The molecule has 3 N–H and O–H groups in total. The maximum absolute atomic E-state index is 13.7. The van der Waals surface area contributed by atoms with Crippen molar-refractivity contribution in [2.45, 2.75) is 38.5 Å². The lowest BCUT2D eigenvalue weighted by Gasteiger charge is -2.33. The topological polar surface area (TPSA) is 134 Å². The first-order chi connectivity index (χ1) is 11.3. The van der Waals surface area contributed by atoms with Crippen LogP contribution >= 0.6 is 0 Å². The SMILES string of the molecule is CC(C)Nc1nc(N[C@H]2C[C@H](F)CN(C(=O)O)C2)ncc1[N+](=O)[O-]. The van der Waals surface area contributed by atoms with Crippen molar-refractivity contribution in [3.05, 3.63) is 16.3 Å². The molecule has 2 atom stereocenters. The number of nitro groups is 1. The summed E-state index contributed by atoms with van der Waals surface area (Å²) in [7, 11) is 0. The minimum absolute atomic E-state index is 0.0511. The minimum atomic E-state index is -1.29. The first-order valence-electron chi connectivity index (χ1n) is 7.42. The fourth-order valence-corrected chi connectivity index (χ4v) is 2.44. The largest absolute Gasteiger partial charge is 0.465 e. The van der Waals surface area contributed by atoms with Gasteiger partial charge in [0.25, 0.3) is 0 Å². The third-order valence-electron chi connectivity index (χ3n) is 3.39. The van der Waals surface area contributed by atoms with Crippen LogP contribution in [0.1, 0.15) is 20.3 Å². The van der Waals surface area contributed by atoms with E-state index in [0.29, 0.717) is 0 Å². The maximum atomic E-state index is 13.7. The molecule has 0 aliphatic carbocycles. The van der Waals surface area contributed by atoms with Gasteiger partial charge in [-0.15, -0.1) is 0 Å². The van der Waals surface area contributed by atoms with E-state index >= 15 is 0 Å². The fraction of sp³-hybridized carbons (Fsp3) is 0.615. The molecule has 0 saturated carbocycles. The Morgan fingerprint density at radius 3 is 2.83 bits per heavy atom. The summed E-state index contributed by atoms with van der Waals surface area (Å²) in [5.74, 6) is 0.128. The van der Waals surface area contributed by atoms with Crippen LogP contribution in [0.4, 0.5) is 26.6 Å². The van der Waals surface area contributed by atoms with E-state index in [1.165, 1.54) is 0 Å². The first-order valence-corrected chi connectivity index (χ1v) is 7.42. The molecule has 11 heteroatoms. The van der Waals surface area contributed by atoms with Gasteiger partial charge in [0.15, 0.2) is 0 Å². The molecule has 1 saturated heterocycles. The molecule has 1 aromatic rings. The molecule has 1 aliphatic heterocycles. The number of likely N-dealkylation sites (tertiary alicyclic amines) is 1. The lowest BCUT2D eigenvalue weighted by molar-refractivity contribution is -0.384. The summed E-state index contributed by atoms with van der Waals surface area (Å²) < 4.78 is 13.7. The van der Waals surface area contributed by atoms with E-state index in [1.54, 1.807) is 13.8 Å². The molecule has 0 aromatic carbocycles. The zero-order valence-corrected chi connectivity index (χ0v) is 13.3. The lowest BCUT2D eigenvalue weighted by Crippen LogP contribution is -2.49. The van der Waals surface area contributed by atoms with Crippen molar-refractivity contribution in [2.24, 2.45) is 0 Å². The predicted molar refractivity (Wildman–Crippen MR) is 84.0 cm³/mol. The Hall–Kier alpha value is -2.72. The number of anilines is 2.